The predicted octanol–water partition coefficient (Wildman–Crippen LogP) is -0.887. The van der Waals surface area contributed by atoms with Crippen LogP contribution in [-0.2, 0) is 14.1 Å². The van der Waals surface area contributed by atoms with Crippen molar-refractivity contribution in [2.24, 2.45) is 0 Å². The predicted molar refractivity (Wildman–Crippen MR) is 71.7 cm³/mol. The molecular weight excluding hydrogens is 353 g/mol. The summed E-state index contributed by atoms with van der Waals surface area (Å²) in [7, 11) is -4.78. The number of hydrogen-bond donors (Lipinski definition) is 1. The number of halogens is 2. The Kier molecular flexibility index (Phi) is 9.48. The van der Waals surface area contributed by atoms with Gasteiger partial charge in [-0.2, -0.15) is 0 Å². The second kappa shape index (κ2) is 9.38. The summed E-state index contributed by atoms with van der Waals surface area (Å²) < 4.78 is 20.5. The molecule has 0 fully saturated rings. The van der Waals surface area contributed by atoms with E-state index in [0.29, 0.717) is 5.02 Å². The minimum atomic E-state index is -4.78. The fourth-order valence-corrected chi connectivity index (χ4v) is 2.23. The average Bonchev–Trinajstić information content (AvgIpc) is 2.36. The van der Waals surface area contributed by atoms with E-state index in [1.54, 1.807) is 0 Å². The van der Waals surface area contributed by atoms with Crippen LogP contribution in [0.5, 0.6) is 5.75 Å². The summed E-state index contributed by atoms with van der Waals surface area (Å²) in [5, 5.41) is 0.477. The van der Waals surface area contributed by atoms with Gasteiger partial charge in [-0.05, 0) is 30.7 Å². The molecule has 3 unspecified atom stereocenters. The zero-order chi connectivity index (χ0) is 15.3. The van der Waals surface area contributed by atoms with Crippen LogP contribution in [0.4, 0.5) is 0 Å². The number of carbonyl (C=O) groups is 1. The molecule has 1 aromatic carbocycles. The van der Waals surface area contributed by atoms with Crippen LogP contribution < -0.4 is 39.2 Å². The molecule has 0 saturated carbocycles. The maximum Gasteiger partial charge on any atom is 1.00 e. The SMILES string of the molecule is CCC(OC(=O)C(Cl)Oc1ccc(Cl)cc1)P(=O)([O-])O.[Na+]. The number of esters is 1. The molecule has 21 heavy (non-hydrogen) atoms. The van der Waals surface area contributed by atoms with E-state index in [4.69, 9.17) is 32.8 Å². The molecule has 0 aliphatic carbocycles. The van der Waals surface area contributed by atoms with Gasteiger partial charge in [0.1, 0.15) is 5.75 Å². The van der Waals surface area contributed by atoms with Crippen molar-refractivity contribution < 1.29 is 58.2 Å². The average molecular weight is 365 g/mol. The first-order chi connectivity index (χ1) is 9.24. The van der Waals surface area contributed by atoms with E-state index < -0.39 is 25.0 Å². The van der Waals surface area contributed by atoms with E-state index in [-0.39, 0.29) is 41.7 Å². The van der Waals surface area contributed by atoms with Gasteiger partial charge in [-0.15, -0.1) is 0 Å². The number of benzene rings is 1. The Morgan fingerprint density at radius 2 is 1.95 bits per heavy atom. The smallest absolute Gasteiger partial charge is 0.776 e. The van der Waals surface area contributed by atoms with E-state index in [9.17, 15) is 14.3 Å². The Morgan fingerprint density at radius 1 is 1.43 bits per heavy atom. The van der Waals surface area contributed by atoms with Crippen LogP contribution in [0.25, 0.3) is 0 Å². The molecule has 10 heteroatoms. The molecule has 0 radical (unpaired) electrons. The zero-order valence-corrected chi connectivity index (χ0v) is 15.8. The fourth-order valence-electron chi connectivity index (χ4n) is 1.25. The summed E-state index contributed by atoms with van der Waals surface area (Å²) in [5.41, 5.74) is -1.54. The first-order valence-corrected chi connectivity index (χ1v) is 8.00. The molecule has 0 spiro atoms. The Labute approximate surface area is 154 Å². The topological polar surface area (TPSA) is 95.9 Å². The summed E-state index contributed by atoms with van der Waals surface area (Å²) in [6, 6.07) is 6.01. The minimum absolute atomic E-state index is 0. The molecule has 112 valence electrons. The van der Waals surface area contributed by atoms with Gasteiger partial charge in [0.2, 0.25) is 0 Å². The molecule has 0 bridgehead atoms. The van der Waals surface area contributed by atoms with E-state index in [1.165, 1.54) is 31.2 Å². The Bertz CT molecular complexity index is 506. The zero-order valence-electron chi connectivity index (χ0n) is 11.4. The Balaban J connectivity index is 0.00000400. The van der Waals surface area contributed by atoms with Gasteiger partial charge in [0.15, 0.2) is 13.4 Å². The van der Waals surface area contributed by atoms with Gasteiger partial charge >= 0.3 is 35.5 Å². The monoisotopic (exact) mass is 364 g/mol. The van der Waals surface area contributed by atoms with Gasteiger partial charge in [0.25, 0.3) is 5.56 Å². The third kappa shape index (κ3) is 7.35. The number of ether oxygens (including phenoxy) is 2. The van der Waals surface area contributed by atoms with Gasteiger partial charge < -0.3 is 23.8 Å². The van der Waals surface area contributed by atoms with Gasteiger partial charge in [0.05, 0.1) is 0 Å². The molecule has 1 aromatic rings. The maximum absolute atomic E-state index is 11.6. The van der Waals surface area contributed by atoms with Gasteiger partial charge in [-0.3, -0.25) is 0 Å². The molecule has 0 aliphatic heterocycles. The molecule has 3 atom stereocenters. The maximum atomic E-state index is 11.6. The molecule has 1 N–H and O–H groups in total. The van der Waals surface area contributed by atoms with Crippen molar-refractivity contribution in [2.45, 2.75) is 24.8 Å². The van der Waals surface area contributed by atoms with E-state index >= 15 is 0 Å². The Hall–Kier alpha value is 0.220. The summed E-state index contributed by atoms with van der Waals surface area (Å²) in [6.45, 7) is 1.43. The van der Waals surface area contributed by atoms with Crippen LogP contribution in [-0.4, -0.2) is 22.3 Å². The molecule has 0 saturated heterocycles. The van der Waals surface area contributed by atoms with Gasteiger partial charge in [-0.25, -0.2) is 4.79 Å². The van der Waals surface area contributed by atoms with Crippen LogP contribution in [0.2, 0.25) is 5.02 Å². The first kappa shape index (κ1) is 21.2. The molecule has 0 amide bonds. The summed E-state index contributed by atoms with van der Waals surface area (Å²) in [5.74, 6) is -2.50. The third-order valence-electron chi connectivity index (χ3n) is 2.20. The standard InChI is InChI=1S/C11H13Cl2O6P.Na/c1-2-9(20(15,16)17)19-11(14)10(13)18-8-5-3-7(12)4-6-8;/h3-6,9-10H,2H2,1H3,(H2,15,16,17);/q;+1/p-1. The van der Waals surface area contributed by atoms with Crippen LogP contribution in [0.3, 0.4) is 0 Å². The van der Waals surface area contributed by atoms with Crippen LogP contribution in [0.15, 0.2) is 24.3 Å². The molecule has 0 aromatic heterocycles. The second-order valence-corrected chi connectivity index (χ2v) is 6.29. The van der Waals surface area contributed by atoms with Crippen molar-refractivity contribution >= 4 is 36.8 Å². The van der Waals surface area contributed by atoms with Crippen molar-refractivity contribution in [3.05, 3.63) is 29.3 Å². The normalized spacial score (nSPS) is 16.0. The van der Waals surface area contributed by atoms with Crippen LogP contribution in [0.1, 0.15) is 13.3 Å². The van der Waals surface area contributed by atoms with Gasteiger partial charge in [0, 0.05) is 5.02 Å². The van der Waals surface area contributed by atoms with Crippen LogP contribution in [0, 0.1) is 0 Å². The van der Waals surface area contributed by atoms with E-state index in [0.717, 1.165) is 0 Å². The fraction of sp³-hybridized carbons (Fsp3) is 0.364. The van der Waals surface area contributed by atoms with Crippen molar-refractivity contribution in [3.63, 3.8) is 0 Å². The van der Waals surface area contributed by atoms with E-state index in [2.05, 4.69) is 4.74 Å². The van der Waals surface area contributed by atoms with Crippen LogP contribution >= 0.6 is 30.8 Å². The first-order valence-electron chi connectivity index (χ1n) is 5.54. The summed E-state index contributed by atoms with van der Waals surface area (Å²) in [4.78, 5) is 31.3. The van der Waals surface area contributed by atoms with Crippen molar-refractivity contribution in [1.29, 1.82) is 0 Å². The molecule has 1 rings (SSSR count). The van der Waals surface area contributed by atoms with Crippen molar-refractivity contribution in [1.82, 2.24) is 0 Å². The number of hydrogen-bond acceptors (Lipinski definition) is 5. The molecular formula is C11H12Cl2NaO6P. The van der Waals surface area contributed by atoms with Crippen molar-refractivity contribution in [2.75, 3.05) is 0 Å². The summed E-state index contributed by atoms with van der Waals surface area (Å²) >= 11 is 11.3. The van der Waals surface area contributed by atoms with Gasteiger partial charge in [-0.1, -0.05) is 30.1 Å². The largest absolute Gasteiger partial charge is 1.00 e. The third-order valence-corrected chi connectivity index (χ3v) is 3.92. The Morgan fingerprint density at radius 3 is 2.38 bits per heavy atom. The molecule has 6 nitrogen and oxygen atoms in total. The number of rotatable bonds is 6. The number of carbonyl (C=O) groups excluding carboxylic acids is 1. The second-order valence-electron chi connectivity index (χ2n) is 3.75. The van der Waals surface area contributed by atoms with Crippen molar-refractivity contribution in [3.8, 4) is 5.75 Å². The quantitative estimate of drug-likeness (QED) is 0.304. The molecule has 0 aliphatic rings. The molecule has 0 heterocycles. The number of alkyl halides is 1. The summed E-state index contributed by atoms with van der Waals surface area (Å²) in [6.07, 6.45) is -0.104. The minimum Gasteiger partial charge on any atom is -0.776 e. The van der Waals surface area contributed by atoms with E-state index in [1.807, 2.05) is 0 Å².